The van der Waals surface area contributed by atoms with Gasteiger partial charge in [0.15, 0.2) is 0 Å². The number of ether oxygens (including phenoxy) is 3. The summed E-state index contributed by atoms with van der Waals surface area (Å²) in [4.78, 5) is 30.6. The van der Waals surface area contributed by atoms with E-state index in [0.717, 1.165) is 19.5 Å². The zero-order valence-electron chi connectivity index (χ0n) is 15.9. The van der Waals surface area contributed by atoms with Gasteiger partial charge in [0.25, 0.3) is 0 Å². The first-order chi connectivity index (χ1) is 12.5. The first kappa shape index (κ1) is 19.4. The summed E-state index contributed by atoms with van der Waals surface area (Å²) in [5, 5.41) is 0. The largest absolute Gasteiger partial charge is 0.441 e. The van der Waals surface area contributed by atoms with Crippen LogP contribution in [0.3, 0.4) is 0 Å². The zero-order valence-corrected chi connectivity index (χ0v) is 15.9. The van der Waals surface area contributed by atoms with E-state index in [-0.39, 0.29) is 17.9 Å². The molecule has 3 rings (SSSR count). The number of likely N-dealkylation sites (N-methyl/N-ethyl adjacent to an activating group) is 1. The van der Waals surface area contributed by atoms with Crippen LogP contribution in [0.5, 0.6) is 0 Å². The van der Waals surface area contributed by atoms with Crippen molar-refractivity contribution in [2.24, 2.45) is 5.92 Å². The first-order valence-corrected chi connectivity index (χ1v) is 9.55. The van der Waals surface area contributed by atoms with Gasteiger partial charge >= 0.3 is 6.09 Å². The second-order valence-corrected chi connectivity index (χ2v) is 7.65. The number of nitrogens with zero attached hydrogens (tertiary/aromatic N) is 3. The van der Waals surface area contributed by atoms with E-state index in [2.05, 4.69) is 4.90 Å². The predicted octanol–water partition coefficient (Wildman–Crippen LogP) is 0.415. The van der Waals surface area contributed by atoms with Gasteiger partial charge < -0.3 is 28.9 Å². The highest BCUT2D eigenvalue weighted by Crippen LogP contribution is 2.34. The van der Waals surface area contributed by atoms with Crippen molar-refractivity contribution in [3.8, 4) is 0 Å². The molecule has 0 N–H and O–H groups in total. The van der Waals surface area contributed by atoms with Gasteiger partial charge in [-0.2, -0.15) is 0 Å². The highest BCUT2D eigenvalue weighted by molar-refractivity contribution is 5.79. The van der Waals surface area contributed by atoms with E-state index in [4.69, 9.17) is 14.2 Å². The van der Waals surface area contributed by atoms with Crippen LogP contribution in [0, 0.1) is 5.92 Å². The van der Waals surface area contributed by atoms with Crippen LogP contribution in [0.4, 0.5) is 4.79 Å². The Hall–Kier alpha value is -1.38. The molecule has 0 radical (unpaired) electrons. The molecular formula is C18H31N3O5. The van der Waals surface area contributed by atoms with Crippen molar-refractivity contribution < 1.29 is 23.8 Å². The lowest BCUT2D eigenvalue weighted by Gasteiger charge is -2.38. The molecular weight excluding hydrogens is 338 g/mol. The van der Waals surface area contributed by atoms with Crippen molar-refractivity contribution in [1.29, 1.82) is 0 Å². The number of hydrogen-bond donors (Lipinski definition) is 0. The van der Waals surface area contributed by atoms with Gasteiger partial charge in [-0.15, -0.1) is 0 Å². The van der Waals surface area contributed by atoms with Crippen molar-refractivity contribution in [3.05, 3.63) is 0 Å². The number of methoxy groups -OCH3 is 1. The van der Waals surface area contributed by atoms with E-state index in [9.17, 15) is 9.59 Å². The maximum absolute atomic E-state index is 12.5. The lowest BCUT2D eigenvalue weighted by atomic mass is 9.90. The second kappa shape index (κ2) is 8.54. The van der Waals surface area contributed by atoms with E-state index in [1.165, 1.54) is 0 Å². The normalized spacial score (nSPS) is 25.3. The Morgan fingerprint density at radius 1 is 1.35 bits per heavy atom. The summed E-state index contributed by atoms with van der Waals surface area (Å²) in [6.07, 6.45) is 2.02. The molecule has 2 amide bonds. The molecule has 8 nitrogen and oxygen atoms in total. The number of amides is 2. The number of piperidine rings is 1. The lowest BCUT2D eigenvalue weighted by molar-refractivity contribution is -0.138. The third-order valence-corrected chi connectivity index (χ3v) is 5.74. The van der Waals surface area contributed by atoms with Crippen LogP contribution in [-0.4, -0.2) is 106 Å². The van der Waals surface area contributed by atoms with E-state index >= 15 is 0 Å². The van der Waals surface area contributed by atoms with E-state index < -0.39 is 5.60 Å². The molecule has 3 aliphatic rings. The molecule has 1 spiro atoms. The minimum atomic E-state index is -0.425. The summed E-state index contributed by atoms with van der Waals surface area (Å²) in [5.74, 6) is 0.201. The van der Waals surface area contributed by atoms with Crippen LogP contribution in [0.1, 0.15) is 19.3 Å². The Morgan fingerprint density at radius 2 is 2.12 bits per heavy atom. The molecule has 148 valence electrons. The van der Waals surface area contributed by atoms with Crippen molar-refractivity contribution >= 4 is 12.0 Å². The molecule has 0 aliphatic carbocycles. The SMILES string of the molecule is COCCN(C)CCN1CC2(CCN(C(=O)[C@H]3CCOC3)CC2)OC1=O. The maximum atomic E-state index is 12.5. The Balaban J connectivity index is 1.45. The van der Waals surface area contributed by atoms with Crippen LogP contribution in [0.25, 0.3) is 0 Å². The van der Waals surface area contributed by atoms with Crippen molar-refractivity contribution in [2.45, 2.75) is 24.9 Å². The number of carbonyl (C=O) groups is 2. The molecule has 1 atom stereocenters. The van der Waals surface area contributed by atoms with Gasteiger partial charge in [0.05, 0.1) is 25.7 Å². The Morgan fingerprint density at radius 3 is 2.77 bits per heavy atom. The fraction of sp³-hybridized carbons (Fsp3) is 0.889. The highest BCUT2D eigenvalue weighted by Gasteiger charge is 2.47. The molecule has 0 unspecified atom stereocenters. The topological polar surface area (TPSA) is 71.6 Å². The maximum Gasteiger partial charge on any atom is 0.410 e. The molecule has 0 saturated carbocycles. The number of carbonyl (C=O) groups excluding carboxylic acids is 2. The molecule has 0 aromatic carbocycles. The molecule has 3 heterocycles. The third kappa shape index (κ3) is 4.47. The Bertz CT molecular complexity index is 501. The third-order valence-electron chi connectivity index (χ3n) is 5.74. The Labute approximate surface area is 155 Å². The fourth-order valence-corrected chi connectivity index (χ4v) is 3.90. The van der Waals surface area contributed by atoms with Gasteiger partial charge in [0, 0.05) is 59.3 Å². The average molecular weight is 369 g/mol. The summed E-state index contributed by atoms with van der Waals surface area (Å²) in [5.41, 5.74) is -0.425. The minimum absolute atomic E-state index is 0.00862. The van der Waals surface area contributed by atoms with Crippen LogP contribution < -0.4 is 0 Å². The molecule has 0 bridgehead atoms. The van der Waals surface area contributed by atoms with Gasteiger partial charge in [0.2, 0.25) is 5.91 Å². The zero-order chi connectivity index (χ0) is 18.6. The highest BCUT2D eigenvalue weighted by atomic mass is 16.6. The fourth-order valence-electron chi connectivity index (χ4n) is 3.90. The van der Waals surface area contributed by atoms with Crippen molar-refractivity contribution in [2.75, 3.05) is 73.2 Å². The second-order valence-electron chi connectivity index (χ2n) is 7.65. The van der Waals surface area contributed by atoms with Gasteiger partial charge in [0.1, 0.15) is 5.60 Å². The molecule has 8 heteroatoms. The molecule has 3 saturated heterocycles. The molecule has 26 heavy (non-hydrogen) atoms. The summed E-state index contributed by atoms with van der Waals surface area (Å²) in [6, 6.07) is 0. The van der Waals surface area contributed by atoms with Crippen LogP contribution in [-0.2, 0) is 19.0 Å². The predicted molar refractivity (Wildman–Crippen MR) is 94.9 cm³/mol. The number of rotatable bonds is 7. The standard InChI is InChI=1S/C18H31N3O5/c1-19(10-12-24-2)8-9-21-14-18(26-17(21)23)4-6-20(7-5-18)16(22)15-3-11-25-13-15/h15H,3-14H2,1-2H3/t15-/m0/s1. The Kier molecular flexibility index (Phi) is 6.37. The number of hydrogen-bond acceptors (Lipinski definition) is 6. The van der Waals surface area contributed by atoms with E-state index in [0.29, 0.717) is 58.8 Å². The van der Waals surface area contributed by atoms with E-state index in [1.807, 2.05) is 11.9 Å². The minimum Gasteiger partial charge on any atom is -0.441 e. The van der Waals surface area contributed by atoms with Crippen molar-refractivity contribution in [1.82, 2.24) is 14.7 Å². The molecule has 0 aromatic heterocycles. The lowest BCUT2D eigenvalue weighted by Crippen LogP contribution is -2.50. The van der Waals surface area contributed by atoms with Gasteiger partial charge in [-0.05, 0) is 13.5 Å². The monoisotopic (exact) mass is 369 g/mol. The quantitative estimate of drug-likeness (QED) is 0.648. The number of likely N-dealkylation sites (tertiary alicyclic amines) is 1. The molecule has 0 aromatic rings. The van der Waals surface area contributed by atoms with Gasteiger partial charge in [-0.1, -0.05) is 0 Å². The molecule has 3 fully saturated rings. The summed E-state index contributed by atoms with van der Waals surface area (Å²) in [6.45, 7) is 6.13. The summed E-state index contributed by atoms with van der Waals surface area (Å²) < 4.78 is 16.2. The van der Waals surface area contributed by atoms with Gasteiger partial charge in [-0.3, -0.25) is 4.79 Å². The summed E-state index contributed by atoms with van der Waals surface area (Å²) >= 11 is 0. The van der Waals surface area contributed by atoms with E-state index in [1.54, 1.807) is 12.0 Å². The smallest absolute Gasteiger partial charge is 0.410 e. The molecule has 3 aliphatic heterocycles. The van der Waals surface area contributed by atoms with Crippen LogP contribution in [0.2, 0.25) is 0 Å². The van der Waals surface area contributed by atoms with Gasteiger partial charge in [-0.25, -0.2) is 4.79 Å². The van der Waals surface area contributed by atoms with Crippen molar-refractivity contribution in [3.63, 3.8) is 0 Å². The van der Waals surface area contributed by atoms with Crippen LogP contribution in [0.15, 0.2) is 0 Å². The average Bonchev–Trinajstić information content (AvgIpc) is 3.27. The first-order valence-electron chi connectivity index (χ1n) is 9.55. The van der Waals surface area contributed by atoms with Crippen LogP contribution >= 0.6 is 0 Å². The summed E-state index contributed by atoms with van der Waals surface area (Å²) in [7, 11) is 3.71.